The van der Waals surface area contributed by atoms with Crippen molar-refractivity contribution in [1.82, 2.24) is 4.90 Å². The highest BCUT2D eigenvalue weighted by atomic mass is 19.1. The lowest BCUT2D eigenvalue weighted by Gasteiger charge is -2.28. The molecule has 1 N–H and O–H groups in total. The lowest BCUT2D eigenvalue weighted by molar-refractivity contribution is -0.0358. The van der Waals surface area contributed by atoms with Gasteiger partial charge in [0.15, 0.2) is 6.17 Å². The van der Waals surface area contributed by atoms with Gasteiger partial charge in [-0.25, -0.2) is 9.18 Å². The first-order valence-electron chi connectivity index (χ1n) is 6.52. The summed E-state index contributed by atoms with van der Waals surface area (Å²) in [6.07, 6.45) is -3.31. The summed E-state index contributed by atoms with van der Waals surface area (Å²) < 4.78 is 23.5. The molecule has 1 aromatic carbocycles. The molecule has 0 bridgehead atoms. The number of carbonyl (C=O) groups excluding carboxylic acids is 1. The van der Waals surface area contributed by atoms with Gasteiger partial charge in [-0.15, -0.1) is 0 Å². The molecule has 2 rings (SSSR count). The Hall–Kier alpha value is -1.66. The molecule has 110 valence electrons. The molecule has 1 aromatic rings. The van der Waals surface area contributed by atoms with Gasteiger partial charge in [0.2, 0.25) is 0 Å². The highest BCUT2D eigenvalue weighted by molar-refractivity contribution is 5.67. The lowest BCUT2D eigenvalue weighted by atomic mass is 10.2. The van der Waals surface area contributed by atoms with Crippen LogP contribution in [0.1, 0.15) is 5.56 Å². The number of aliphatic hydroxyl groups excluding tert-OH is 1. The largest absolute Gasteiger partial charge is 0.445 e. The summed E-state index contributed by atoms with van der Waals surface area (Å²) >= 11 is 0. The van der Waals surface area contributed by atoms with Crippen molar-refractivity contribution in [1.29, 1.82) is 0 Å². The van der Waals surface area contributed by atoms with Crippen LogP contribution in [0.2, 0.25) is 0 Å². The Morgan fingerprint density at radius 1 is 1.45 bits per heavy atom. The first kappa shape index (κ1) is 14.7. The fourth-order valence-electron chi connectivity index (χ4n) is 1.89. The highest BCUT2D eigenvalue weighted by Gasteiger charge is 2.27. The quantitative estimate of drug-likeness (QED) is 0.890. The molecule has 0 unspecified atom stereocenters. The SMILES string of the molecule is O=C(OCc1ccccc1)N1CCOC[C@H](F)[C@@H](O)C1. The summed E-state index contributed by atoms with van der Waals surface area (Å²) in [5.74, 6) is 0. The van der Waals surface area contributed by atoms with Crippen LogP contribution >= 0.6 is 0 Å². The topological polar surface area (TPSA) is 59.0 Å². The molecule has 6 heteroatoms. The van der Waals surface area contributed by atoms with Crippen molar-refractivity contribution in [2.75, 3.05) is 26.3 Å². The van der Waals surface area contributed by atoms with Crippen LogP contribution < -0.4 is 0 Å². The normalized spacial score (nSPS) is 23.8. The van der Waals surface area contributed by atoms with E-state index in [-0.39, 0.29) is 32.9 Å². The molecule has 1 aliphatic rings. The van der Waals surface area contributed by atoms with Crippen LogP contribution in [-0.2, 0) is 16.1 Å². The van der Waals surface area contributed by atoms with Crippen LogP contribution in [0.5, 0.6) is 0 Å². The van der Waals surface area contributed by atoms with E-state index in [4.69, 9.17) is 9.47 Å². The number of aliphatic hydroxyl groups is 1. The monoisotopic (exact) mass is 283 g/mol. The predicted molar refractivity (Wildman–Crippen MR) is 69.9 cm³/mol. The van der Waals surface area contributed by atoms with E-state index in [9.17, 15) is 14.3 Å². The number of benzene rings is 1. The number of alkyl halides is 1. The third-order valence-corrected chi connectivity index (χ3v) is 3.07. The van der Waals surface area contributed by atoms with Crippen LogP contribution in [0.4, 0.5) is 9.18 Å². The molecule has 1 aliphatic heterocycles. The Balaban J connectivity index is 1.87. The second-order valence-electron chi connectivity index (χ2n) is 4.64. The molecule has 1 fully saturated rings. The van der Waals surface area contributed by atoms with Crippen molar-refractivity contribution < 1.29 is 23.8 Å². The standard InChI is InChI=1S/C14H18FNO4/c15-12-10-19-7-6-16(8-13(12)17)14(18)20-9-11-4-2-1-3-5-11/h1-5,12-13,17H,6-10H2/t12-,13-/m0/s1. The average molecular weight is 283 g/mol. The number of nitrogens with zero attached hydrogens (tertiary/aromatic N) is 1. The van der Waals surface area contributed by atoms with Gasteiger partial charge in [-0.1, -0.05) is 30.3 Å². The van der Waals surface area contributed by atoms with Crippen LogP contribution in [0.3, 0.4) is 0 Å². The van der Waals surface area contributed by atoms with Crippen LogP contribution in [0.15, 0.2) is 30.3 Å². The summed E-state index contributed by atoms with van der Waals surface area (Å²) in [6, 6.07) is 9.26. The van der Waals surface area contributed by atoms with Gasteiger partial charge in [-0.3, -0.25) is 0 Å². The van der Waals surface area contributed by atoms with Crippen molar-refractivity contribution in [3.63, 3.8) is 0 Å². The van der Waals surface area contributed by atoms with E-state index in [2.05, 4.69) is 0 Å². The van der Waals surface area contributed by atoms with Crippen LogP contribution in [-0.4, -0.2) is 54.7 Å². The third kappa shape index (κ3) is 4.18. The van der Waals surface area contributed by atoms with Gasteiger partial charge in [0.05, 0.1) is 19.8 Å². The Labute approximate surface area is 116 Å². The minimum absolute atomic E-state index is 0.0852. The smallest absolute Gasteiger partial charge is 0.410 e. The summed E-state index contributed by atoms with van der Waals surface area (Å²) in [4.78, 5) is 13.2. The van der Waals surface area contributed by atoms with Crippen molar-refractivity contribution in [2.24, 2.45) is 0 Å². The zero-order valence-electron chi connectivity index (χ0n) is 11.1. The Bertz CT molecular complexity index is 428. The highest BCUT2D eigenvalue weighted by Crippen LogP contribution is 2.09. The van der Waals surface area contributed by atoms with E-state index in [1.807, 2.05) is 30.3 Å². The van der Waals surface area contributed by atoms with Gasteiger partial charge in [0.1, 0.15) is 12.7 Å². The maximum Gasteiger partial charge on any atom is 0.410 e. The summed E-state index contributed by atoms with van der Waals surface area (Å²) in [6.45, 7) is 0.420. The van der Waals surface area contributed by atoms with E-state index in [0.29, 0.717) is 0 Å². The molecule has 0 aliphatic carbocycles. The molecule has 1 saturated heterocycles. The van der Waals surface area contributed by atoms with Gasteiger partial charge in [0.25, 0.3) is 0 Å². The molecule has 0 saturated carbocycles. The maximum atomic E-state index is 13.4. The molecular formula is C14H18FNO4. The molecule has 1 heterocycles. The van der Waals surface area contributed by atoms with Gasteiger partial charge in [-0.05, 0) is 5.56 Å². The minimum atomic E-state index is -1.49. The number of hydrogen-bond acceptors (Lipinski definition) is 4. The van der Waals surface area contributed by atoms with Crippen LogP contribution in [0, 0.1) is 0 Å². The Morgan fingerprint density at radius 3 is 2.95 bits per heavy atom. The molecule has 1 amide bonds. The van der Waals surface area contributed by atoms with E-state index >= 15 is 0 Å². The minimum Gasteiger partial charge on any atom is -0.445 e. The fraction of sp³-hybridized carbons (Fsp3) is 0.500. The maximum absolute atomic E-state index is 13.4. The average Bonchev–Trinajstić information content (AvgIpc) is 2.46. The molecule has 20 heavy (non-hydrogen) atoms. The van der Waals surface area contributed by atoms with Crippen molar-refractivity contribution in [2.45, 2.75) is 18.9 Å². The zero-order valence-corrected chi connectivity index (χ0v) is 11.1. The van der Waals surface area contributed by atoms with E-state index in [1.54, 1.807) is 0 Å². The van der Waals surface area contributed by atoms with Gasteiger partial charge >= 0.3 is 6.09 Å². The molecule has 0 spiro atoms. The zero-order chi connectivity index (χ0) is 14.4. The Morgan fingerprint density at radius 2 is 2.20 bits per heavy atom. The number of β-amino-alcohol motifs (C(OH)–C–C–N with tert-alkyl or cyclic N) is 1. The Kier molecular flexibility index (Phi) is 5.31. The molecule has 0 aromatic heterocycles. The van der Waals surface area contributed by atoms with Crippen molar-refractivity contribution in [3.05, 3.63) is 35.9 Å². The van der Waals surface area contributed by atoms with Crippen molar-refractivity contribution in [3.8, 4) is 0 Å². The number of rotatable bonds is 2. The van der Waals surface area contributed by atoms with E-state index < -0.39 is 18.4 Å². The van der Waals surface area contributed by atoms with E-state index in [1.165, 1.54) is 4.90 Å². The number of halogens is 1. The number of hydrogen-bond donors (Lipinski definition) is 1. The van der Waals surface area contributed by atoms with Crippen LogP contribution in [0.25, 0.3) is 0 Å². The summed E-state index contributed by atoms with van der Waals surface area (Å²) in [7, 11) is 0. The van der Waals surface area contributed by atoms with Gasteiger partial charge < -0.3 is 19.5 Å². The molecular weight excluding hydrogens is 265 g/mol. The third-order valence-electron chi connectivity index (χ3n) is 3.07. The van der Waals surface area contributed by atoms with Gasteiger partial charge in [-0.2, -0.15) is 0 Å². The number of amides is 1. The first-order valence-corrected chi connectivity index (χ1v) is 6.52. The first-order chi connectivity index (χ1) is 9.66. The second kappa shape index (κ2) is 7.21. The second-order valence-corrected chi connectivity index (χ2v) is 4.64. The predicted octanol–water partition coefficient (Wildman–Crippen LogP) is 1.35. The summed E-state index contributed by atoms with van der Waals surface area (Å²) in [5.41, 5.74) is 0.869. The molecule has 0 radical (unpaired) electrons. The molecule has 5 nitrogen and oxygen atoms in total. The van der Waals surface area contributed by atoms with E-state index in [0.717, 1.165) is 5.56 Å². The van der Waals surface area contributed by atoms with Crippen molar-refractivity contribution >= 4 is 6.09 Å². The molecule has 2 atom stereocenters. The lowest BCUT2D eigenvalue weighted by Crippen LogP contribution is -2.46. The fourth-order valence-corrected chi connectivity index (χ4v) is 1.89. The summed E-state index contributed by atoms with van der Waals surface area (Å²) in [5, 5.41) is 9.58. The number of carbonyl (C=O) groups is 1. The van der Waals surface area contributed by atoms with Gasteiger partial charge in [0, 0.05) is 6.54 Å². The number of ether oxygens (including phenoxy) is 2.